The minimum Gasteiger partial charge on any atom is -0.462 e. The molecule has 0 aliphatic rings. The van der Waals surface area contributed by atoms with Gasteiger partial charge in [-0.05, 0) is 77.0 Å². The number of carbonyl (C=O) groups is 2. The van der Waals surface area contributed by atoms with Crippen molar-refractivity contribution in [2.24, 2.45) is 0 Å². The third-order valence-corrected chi connectivity index (χ3v) is 11.1. The molecule has 0 aliphatic carbocycles. The van der Waals surface area contributed by atoms with Crippen LogP contribution in [0.15, 0.2) is 60.8 Å². The van der Waals surface area contributed by atoms with Crippen molar-refractivity contribution in [1.82, 2.24) is 5.32 Å². The number of carbonyl (C=O) groups excluding carboxylic acids is 2. The number of hydrogen-bond donors (Lipinski definition) is 3. The number of nitrogens with one attached hydrogen (secondary N) is 1. The van der Waals surface area contributed by atoms with Crippen LogP contribution in [0.4, 0.5) is 0 Å². The molecule has 0 aromatic carbocycles. The smallest absolute Gasteiger partial charge is 0.306 e. The predicted octanol–water partition coefficient (Wildman–Crippen LogP) is 14.8. The first-order valence-corrected chi connectivity index (χ1v) is 25.0. The fourth-order valence-corrected chi connectivity index (χ4v) is 7.29. The highest BCUT2D eigenvalue weighted by molar-refractivity contribution is 5.77. The topological polar surface area (TPSA) is 95.9 Å². The van der Waals surface area contributed by atoms with E-state index in [1.165, 1.54) is 109 Å². The average Bonchev–Trinajstić information content (AvgIpc) is 3.23. The second-order valence-corrected chi connectivity index (χ2v) is 16.8. The minimum atomic E-state index is -0.804. The Kier molecular flexibility index (Phi) is 44.7. The summed E-state index contributed by atoms with van der Waals surface area (Å²) in [5.41, 5.74) is 0. The summed E-state index contributed by atoms with van der Waals surface area (Å²) in [5.74, 6) is -0.540. The monoisotopic (exact) mass is 826 g/mol. The number of aliphatic hydroxyl groups is 2. The van der Waals surface area contributed by atoms with Gasteiger partial charge in [-0.3, -0.25) is 9.59 Å². The van der Waals surface area contributed by atoms with Gasteiger partial charge < -0.3 is 20.3 Å². The number of hydrogen-bond acceptors (Lipinski definition) is 5. The molecule has 3 atom stereocenters. The summed E-state index contributed by atoms with van der Waals surface area (Å²) >= 11 is 0. The van der Waals surface area contributed by atoms with Crippen LogP contribution < -0.4 is 5.32 Å². The zero-order chi connectivity index (χ0) is 43.1. The lowest BCUT2D eigenvalue weighted by molar-refractivity contribution is -0.151. The van der Waals surface area contributed by atoms with E-state index in [0.717, 1.165) is 83.5 Å². The molecule has 1 amide bonds. The number of amides is 1. The predicted molar refractivity (Wildman–Crippen MR) is 255 cm³/mol. The van der Waals surface area contributed by atoms with E-state index in [-0.39, 0.29) is 24.9 Å². The Hall–Kier alpha value is -2.44. The molecule has 0 heterocycles. The molecule has 3 unspecified atom stereocenters. The van der Waals surface area contributed by atoms with Gasteiger partial charge in [0.15, 0.2) is 0 Å². The fraction of sp³-hybridized carbons (Fsp3) is 0.774. The summed E-state index contributed by atoms with van der Waals surface area (Å²) in [7, 11) is 0. The molecule has 0 aromatic heterocycles. The van der Waals surface area contributed by atoms with Gasteiger partial charge in [0.1, 0.15) is 6.10 Å². The summed E-state index contributed by atoms with van der Waals surface area (Å²) in [5, 5.41) is 23.7. The molecule has 0 aliphatic heterocycles. The largest absolute Gasteiger partial charge is 0.462 e. The van der Waals surface area contributed by atoms with Gasteiger partial charge >= 0.3 is 5.97 Å². The molecule has 342 valence electrons. The summed E-state index contributed by atoms with van der Waals surface area (Å²) < 4.78 is 5.88. The molecule has 0 saturated carbocycles. The number of allylic oxidation sites excluding steroid dienone is 10. The maximum Gasteiger partial charge on any atom is 0.306 e. The van der Waals surface area contributed by atoms with Crippen LogP contribution in [0.2, 0.25) is 0 Å². The standard InChI is InChI=1S/C53H95NO5/c1-4-7-10-13-16-19-22-24-26-28-31-33-36-39-42-45-51(56)50(48-55)54-52(57)47-49(44-41-38-35-32-30-27-25-23-20-17-14-11-8-5-2)59-53(58)46-43-40-37-34-29-21-18-15-12-9-6-3/h8,11,15,17-18,20,25,27,32,35,49-51,55-56H,4-7,9-10,12-14,16,19,21-24,26,28-31,33-34,36-48H2,1-3H3,(H,54,57)/b11-8+,18-15-,20-17+,27-25+,35-32+. The van der Waals surface area contributed by atoms with Crippen molar-refractivity contribution < 1.29 is 24.5 Å². The van der Waals surface area contributed by atoms with Gasteiger partial charge in [0.05, 0.1) is 25.2 Å². The zero-order valence-corrected chi connectivity index (χ0v) is 38.9. The van der Waals surface area contributed by atoms with Gasteiger partial charge in [-0.2, -0.15) is 0 Å². The minimum absolute atomic E-state index is 0.0356. The van der Waals surface area contributed by atoms with E-state index < -0.39 is 18.2 Å². The van der Waals surface area contributed by atoms with Crippen LogP contribution in [0.25, 0.3) is 0 Å². The molecular formula is C53H95NO5. The van der Waals surface area contributed by atoms with Crippen molar-refractivity contribution in [3.05, 3.63) is 60.8 Å². The van der Waals surface area contributed by atoms with Crippen LogP contribution in [0.5, 0.6) is 0 Å². The third-order valence-electron chi connectivity index (χ3n) is 11.1. The van der Waals surface area contributed by atoms with Crippen molar-refractivity contribution in [3.8, 4) is 0 Å². The number of rotatable bonds is 44. The first kappa shape index (κ1) is 56.6. The highest BCUT2D eigenvalue weighted by Crippen LogP contribution is 2.17. The summed E-state index contributed by atoms with van der Waals surface area (Å²) in [4.78, 5) is 26.0. The Morgan fingerprint density at radius 3 is 1.49 bits per heavy atom. The Morgan fingerprint density at radius 1 is 0.508 bits per heavy atom. The van der Waals surface area contributed by atoms with Crippen molar-refractivity contribution in [1.29, 1.82) is 0 Å². The molecule has 0 saturated heterocycles. The molecule has 0 spiro atoms. The Labute approximate surface area is 365 Å². The van der Waals surface area contributed by atoms with Crippen molar-refractivity contribution in [2.75, 3.05) is 6.61 Å². The maximum atomic E-state index is 13.2. The van der Waals surface area contributed by atoms with Gasteiger partial charge in [-0.1, -0.05) is 210 Å². The Bertz CT molecular complexity index is 1060. The van der Waals surface area contributed by atoms with E-state index in [1.807, 2.05) is 0 Å². The molecule has 0 fully saturated rings. The molecule has 6 nitrogen and oxygen atoms in total. The summed E-state index contributed by atoms with van der Waals surface area (Å²) in [6.45, 7) is 6.31. The zero-order valence-electron chi connectivity index (χ0n) is 38.9. The normalized spacial score (nSPS) is 13.8. The highest BCUT2D eigenvalue weighted by Gasteiger charge is 2.24. The molecular weight excluding hydrogens is 731 g/mol. The lowest BCUT2D eigenvalue weighted by Crippen LogP contribution is -2.46. The Balaban J connectivity index is 4.64. The van der Waals surface area contributed by atoms with E-state index in [2.05, 4.69) is 86.8 Å². The Morgan fingerprint density at radius 2 is 0.949 bits per heavy atom. The first-order valence-electron chi connectivity index (χ1n) is 25.0. The van der Waals surface area contributed by atoms with E-state index in [1.54, 1.807) is 0 Å². The number of ether oxygens (including phenoxy) is 1. The maximum absolute atomic E-state index is 13.2. The highest BCUT2D eigenvalue weighted by atomic mass is 16.5. The van der Waals surface area contributed by atoms with Crippen LogP contribution in [-0.2, 0) is 14.3 Å². The number of esters is 1. The summed E-state index contributed by atoms with van der Waals surface area (Å²) in [6.07, 6.45) is 57.1. The fourth-order valence-electron chi connectivity index (χ4n) is 7.29. The van der Waals surface area contributed by atoms with E-state index in [0.29, 0.717) is 19.3 Å². The van der Waals surface area contributed by atoms with Crippen molar-refractivity contribution in [2.45, 2.75) is 257 Å². The molecule has 0 radical (unpaired) electrons. The third kappa shape index (κ3) is 42.1. The van der Waals surface area contributed by atoms with E-state index >= 15 is 0 Å². The first-order chi connectivity index (χ1) is 29.0. The van der Waals surface area contributed by atoms with Crippen LogP contribution in [0.3, 0.4) is 0 Å². The van der Waals surface area contributed by atoms with Crippen molar-refractivity contribution >= 4 is 11.9 Å². The van der Waals surface area contributed by atoms with Crippen LogP contribution >= 0.6 is 0 Å². The van der Waals surface area contributed by atoms with Crippen molar-refractivity contribution in [3.63, 3.8) is 0 Å². The number of aliphatic hydroxyl groups excluding tert-OH is 2. The molecule has 0 aromatic rings. The van der Waals surface area contributed by atoms with Gasteiger partial charge in [0.2, 0.25) is 5.91 Å². The molecule has 59 heavy (non-hydrogen) atoms. The quantitative estimate of drug-likeness (QED) is 0.0323. The lowest BCUT2D eigenvalue weighted by atomic mass is 10.0. The lowest BCUT2D eigenvalue weighted by Gasteiger charge is -2.24. The molecule has 3 N–H and O–H groups in total. The van der Waals surface area contributed by atoms with Gasteiger partial charge in [0.25, 0.3) is 0 Å². The molecule has 6 heteroatoms. The van der Waals surface area contributed by atoms with Gasteiger partial charge in [-0.25, -0.2) is 0 Å². The van der Waals surface area contributed by atoms with Crippen LogP contribution in [0.1, 0.15) is 239 Å². The van der Waals surface area contributed by atoms with Crippen LogP contribution in [0, 0.1) is 0 Å². The second kappa shape index (κ2) is 46.6. The van der Waals surface area contributed by atoms with E-state index in [9.17, 15) is 19.8 Å². The summed E-state index contributed by atoms with van der Waals surface area (Å²) in [6, 6.07) is -0.721. The van der Waals surface area contributed by atoms with E-state index in [4.69, 9.17) is 4.74 Å². The second-order valence-electron chi connectivity index (χ2n) is 16.8. The average molecular weight is 826 g/mol. The number of unbranched alkanes of at least 4 members (excludes halogenated alkanes) is 22. The van der Waals surface area contributed by atoms with Gasteiger partial charge in [0, 0.05) is 6.42 Å². The molecule has 0 rings (SSSR count). The van der Waals surface area contributed by atoms with Gasteiger partial charge in [-0.15, -0.1) is 0 Å². The SMILES string of the molecule is CC/C=C/C/C=C/C/C=C/C/C=C/CCCC(CC(=O)NC(CO)C(O)CCCCCCCCCCCCCCCCC)OC(=O)CCCCCCC/C=C\CCCC. The van der Waals surface area contributed by atoms with Crippen LogP contribution in [-0.4, -0.2) is 46.9 Å². The molecule has 0 bridgehead atoms.